The predicted molar refractivity (Wildman–Crippen MR) is 436 cm³/mol. The van der Waals surface area contributed by atoms with E-state index in [1.807, 2.05) is 95.6 Å². The van der Waals surface area contributed by atoms with Gasteiger partial charge in [0.25, 0.3) is 0 Å². The van der Waals surface area contributed by atoms with E-state index in [1.165, 1.54) is 38.4 Å². The Hall–Kier alpha value is -5.59. The van der Waals surface area contributed by atoms with E-state index in [0.717, 1.165) is 184 Å². The first-order chi connectivity index (χ1) is 50.8. The van der Waals surface area contributed by atoms with Crippen LogP contribution in [0.4, 0.5) is 4.79 Å². The molecule has 14 heterocycles. The SMILES string of the molecule is C=S(C)(=O)N1CCC(Cn2ccc3c(Cl)nc(Cl)nc32)CC1.C=S(C)(=O)N1CCC(Cn2ccc3c(Cl)ncnc32)CC1.CC(=O)N1CCC(Cn2ccc3c(Cl)nc(Cl)nc32)CC1.CC(C)(C)OC(=O)N1CCC(Cn2ccc3c(Cl)nc(Cl)nc32)CC1.Clc1nc(Cl)c2ccn(CC3CCCCC3)c2n1. The van der Waals surface area contributed by atoms with Crippen LogP contribution in [0, 0.1) is 29.6 Å². The number of halogens is 9. The Balaban J connectivity index is 0.000000134. The van der Waals surface area contributed by atoms with Gasteiger partial charge in [0.1, 0.15) is 65.9 Å². The molecule has 5 fully saturated rings. The van der Waals surface area contributed by atoms with Crippen molar-refractivity contribution in [1.29, 1.82) is 0 Å². The summed E-state index contributed by atoms with van der Waals surface area (Å²) in [6.45, 7) is 18.1. The number of nitrogens with zero attached hydrogens (tertiary/aromatic N) is 19. The van der Waals surface area contributed by atoms with E-state index >= 15 is 0 Å². The number of ether oxygens (including phenoxy) is 1. The largest absolute Gasteiger partial charge is 0.444 e. The van der Waals surface area contributed by atoms with Gasteiger partial charge in [0.15, 0.2) is 0 Å². The Morgan fingerprint density at radius 1 is 0.411 bits per heavy atom. The van der Waals surface area contributed by atoms with Crippen molar-refractivity contribution in [3.05, 3.63) is 115 Å². The zero-order valence-corrected chi connectivity index (χ0v) is 69.2. The van der Waals surface area contributed by atoms with Gasteiger partial charge in [-0.3, -0.25) is 13.2 Å². The highest BCUT2D eigenvalue weighted by atomic mass is 35.5. The van der Waals surface area contributed by atoms with Gasteiger partial charge in [0.05, 0.1) is 26.9 Å². The molecule has 4 aliphatic heterocycles. The van der Waals surface area contributed by atoms with E-state index in [1.54, 1.807) is 24.3 Å². The van der Waals surface area contributed by atoms with Crippen molar-refractivity contribution < 1.29 is 22.7 Å². The van der Waals surface area contributed by atoms with Crippen LogP contribution in [0.15, 0.2) is 67.6 Å². The number of carbonyl (C=O) groups is 2. The molecular weight excluding hydrogens is 1590 g/mol. The molecule has 1 aliphatic carbocycles. The number of hydrogen-bond acceptors (Lipinski definition) is 15. The van der Waals surface area contributed by atoms with Gasteiger partial charge in [-0.15, -0.1) is 0 Å². The second-order valence-corrected chi connectivity index (χ2v) is 37.4. The van der Waals surface area contributed by atoms with Gasteiger partial charge >= 0.3 is 6.09 Å². The zero-order valence-electron chi connectivity index (χ0n) is 60.8. The molecule has 0 radical (unpaired) electrons. The summed E-state index contributed by atoms with van der Waals surface area (Å²) in [5, 5.41) is 6.99. The number of fused-ring (bicyclic) bond motifs is 5. The molecule has 578 valence electrons. The number of amides is 2. The minimum absolute atomic E-state index is 0.150. The zero-order chi connectivity index (χ0) is 76.6. The monoisotopic (exact) mass is 1680 g/mol. The topological polar surface area (TPSA) is 244 Å². The third-order valence-electron chi connectivity index (χ3n) is 20.3. The summed E-state index contributed by atoms with van der Waals surface area (Å²) in [5.74, 6) is 10.5. The van der Waals surface area contributed by atoms with E-state index in [2.05, 4.69) is 84.4 Å². The summed E-state index contributed by atoms with van der Waals surface area (Å²) < 4.78 is 43.8. The van der Waals surface area contributed by atoms with Crippen LogP contribution >= 0.6 is 104 Å². The predicted octanol–water partition coefficient (Wildman–Crippen LogP) is 16.5. The fourth-order valence-corrected chi connectivity index (χ4v) is 18.4. The molecule has 1 saturated carbocycles. The van der Waals surface area contributed by atoms with Crippen molar-refractivity contribution in [3.63, 3.8) is 0 Å². The molecule has 2 atom stereocenters. The number of aromatic nitrogens is 15. The van der Waals surface area contributed by atoms with Crippen molar-refractivity contribution in [1.82, 2.24) is 91.1 Å². The number of carbonyl (C=O) groups excluding carboxylic acids is 2. The highest BCUT2D eigenvalue weighted by Crippen LogP contribution is 2.34. The fourth-order valence-electron chi connectivity index (χ4n) is 14.5. The Morgan fingerprint density at radius 3 is 0.991 bits per heavy atom. The van der Waals surface area contributed by atoms with Crippen LogP contribution in [0.25, 0.3) is 55.2 Å². The number of likely N-dealkylation sites (tertiary alicyclic amines) is 2. The second kappa shape index (κ2) is 36.3. The molecule has 5 aliphatic rings. The van der Waals surface area contributed by atoms with Crippen molar-refractivity contribution >= 4 is 203 Å². The van der Waals surface area contributed by atoms with E-state index < -0.39 is 25.0 Å². The Labute approximate surface area is 669 Å². The van der Waals surface area contributed by atoms with Crippen molar-refractivity contribution in [2.75, 3.05) is 64.9 Å². The first-order valence-electron chi connectivity index (χ1n) is 35.9. The lowest BCUT2D eigenvalue weighted by atomic mass is 9.89. The fraction of sp³-hybridized carbons (Fsp3) is 0.528. The molecule has 0 spiro atoms. The van der Waals surface area contributed by atoms with Gasteiger partial charge in [-0.1, -0.05) is 77.3 Å². The van der Waals surface area contributed by atoms with Gasteiger partial charge in [-0.05, 0) is 203 Å². The van der Waals surface area contributed by atoms with Gasteiger partial charge in [-0.25, -0.2) is 43.3 Å². The van der Waals surface area contributed by atoms with Gasteiger partial charge < -0.3 is 37.4 Å². The highest BCUT2D eigenvalue weighted by Gasteiger charge is 2.30. The highest BCUT2D eigenvalue weighted by molar-refractivity contribution is 7.97. The molecule has 10 aromatic heterocycles. The maximum absolute atomic E-state index is 12.1. The summed E-state index contributed by atoms with van der Waals surface area (Å²) in [7, 11) is -4.15. The molecule has 2 amide bonds. The Bertz CT molecular complexity index is 4990. The minimum Gasteiger partial charge on any atom is -0.444 e. The van der Waals surface area contributed by atoms with Gasteiger partial charge in [0, 0.05) is 155 Å². The standard InChI is InChI=1S/C17H22Cl2N4O2.C14H18Cl2N4OS.C14H16Cl2N4O.C14H19ClN4OS.C13H15Cl2N3/c1-17(2,3)25-16(24)22-7-4-11(5-8-22)10-23-9-6-12-13(18)20-15(19)21-14(12)23;1-22(2,21)20-7-3-10(4-8-20)9-19-6-5-11-12(15)17-14(16)18-13(11)19;1-9(21)19-5-2-10(3-6-19)8-20-7-4-11-12(15)17-14(16)18-13(11)20;1-21(2,20)19-7-3-11(4-8-19)9-18-6-5-12-13(15)16-10-17-14(12)18;14-11-10-6-7-18(12(10)17-13(15)16-11)8-9-4-2-1-3-5-9/h6,9,11H,4-5,7-8,10H2,1-3H3;5-6,10H,1,3-4,7-9H2,2H3;4,7,10H,2-3,5-6,8H2,1H3;5-6,10-11H,1,3-4,7-9H2,2H3;6-7,9H,1-5,8H2. The number of rotatable bonds is 12. The lowest BCUT2D eigenvalue weighted by molar-refractivity contribution is -0.130. The van der Waals surface area contributed by atoms with Crippen LogP contribution in [0.3, 0.4) is 0 Å². The minimum atomic E-state index is -2.09. The Kier molecular flexibility index (Phi) is 27.9. The molecule has 2 unspecified atom stereocenters. The van der Waals surface area contributed by atoms with E-state index in [9.17, 15) is 18.0 Å². The maximum Gasteiger partial charge on any atom is 0.410 e. The smallest absolute Gasteiger partial charge is 0.410 e. The maximum atomic E-state index is 12.1. The molecular formula is C72H90Cl9N19O5S2. The lowest BCUT2D eigenvalue weighted by Gasteiger charge is -2.33. The molecule has 10 aromatic rings. The van der Waals surface area contributed by atoms with Crippen LogP contribution < -0.4 is 0 Å². The van der Waals surface area contributed by atoms with Crippen molar-refractivity contribution in [2.45, 2.75) is 149 Å². The second-order valence-electron chi connectivity index (χ2n) is 29.4. The first kappa shape index (κ1) is 82.4. The van der Waals surface area contributed by atoms with E-state index in [0.29, 0.717) is 62.5 Å². The van der Waals surface area contributed by atoms with E-state index in [-0.39, 0.29) is 33.1 Å². The average molecular weight is 1680 g/mol. The molecule has 0 aromatic carbocycles. The van der Waals surface area contributed by atoms with Gasteiger partial charge in [0.2, 0.25) is 27.0 Å². The van der Waals surface area contributed by atoms with Crippen LogP contribution in [-0.2, 0) is 61.7 Å². The summed E-state index contributed by atoms with van der Waals surface area (Å²) in [5.41, 5.74) is 3.56. The normalized spacial score (nSPS) is 18.3. The van der Waals surface area contributed by atoms with Crippen LogP contribution in [0.5, 0.6) is 0 Å². The quantitative estimate of drug-likeness (QED) is 0.0627. The summed E-state index contributed by atoms with van der Waals surface area (Å²) >= 11 is 54.0. The third-order valence-corrected chi connectivity index (χ3v) is 25.3. The summed E-state index contributed by atoms with van der Waals surface area (Å²) in [6, 6.07) is 9.67. The number of hydrogen-bond donors (Lipinski definition) is 0. The molecule has 15 rings (SSSR count). The van der Waals surface area contributed by atoms with Crippen molar-refractivity contribution in [2.24, 2.45) is 29.6 Å². The van der Waals surface area contributed by atoms with Gasteiger partial charge in [-0.2, -0.15) is 19.9 Å². The van der Waals surface area contributed by atoms with Crippen LogP contribution in [0.1, 0.15) is 111 Å². The lowest BCUT2D eigenvalue weighted by Crippen LogP contribution is -2.42. The number of piperidine rings is 4. The molecule has 35 heteroatoms. The van der Waals surface area contributed by atoms with Crippen LogP contribution in [-0.4, -0.2) is 194 Å². The first-order valence-corrected chi connectivity index (χ1v) is 43.4. The van der Waals surface area contributed by atoms with E-state index in [4.69, 9.17) is 109 Å². The van der Waals surface area contributed by atoms with Crippen LogP contribution in [0.2, 0.25) is 46.9 Å². The van der Waals surface area contributed by atoms with Crippen molar-refractivity contribution in [3.8, 4) is 0 Å². The molecule has 4 saturated heterocycles. The molecule has 24 nitrogen and oxygen atoms in total. The third kappa shape index (κ3) is 22.0. The average Bonchev–Trinajstić information content (AvgIpc) is 1.69. The summed E-state index contributed by atoms with van der Waals surface area (Å²) in [4.78, 5) is 68.5. The molecule has 0 N–H and O–H groups in total. The summed E-state index contributed by atoms with van der Waals surface area (Å²) in [6.07, 6.45) is 29.2. The Morgan fingerprint density at radius 2 is 0.692 bits per heavy atom. The molecule has 0 bridgehead atoms. The molecule has 107 heavy (non-hydrogen) atoms.